The standard InChI is InChI=1S/C20H18N2O3S/c1-3-14-5-8-16(9-6-14)26(24,25)22-13-18(20(23)4-2)17-11-15(12-21)7-10-19(17)22/h5-11,13H,3-4H2,1-2H3. The van der Waals surface area contributed by atoms with E-state index in [1.807, 2.05) is 13.0 Å². The molecule has 0 radical (unpaired) electrons. The third-order valence-corrected chi connectivity index (χ3v) is 6.10. The maximum absolute atomic E-state index is 13.1. The lowest BCUT2D eigenvalue weighted by Gasteiger charge is -2.08. The molecule has 0 atom stereocenters. The summed E-state index contributed by atoms with van der Waals surface area (Å²) in [5, 5.41) is 9.59. The second-order valence-electron chi connectivity index (χ2n) is 5.96. The maximum atomic E-state index is 13.1. The molecule has 1 heterocycles. The molecule has 0 fully saturated rings. The van der Waals surface area contributed by atoms with Crippen LogP contribution in [0.1, 0.15) is 41.8 Å². The van der Waals surface area contributed by atoms with Crippen molar-refractivity contribution in [3.05, 3.63) is 65.4 Å². The van der Waals surface area contributed by atoms with Crippen molar-refractivity contribution >= 4 is 26.7 Å². The van der Waals surface area contributed by atoms with Crippen molar-refractivity contribution in [2.45, 2.75) is 31.6 Å². The number of nitriles is 1. The van der Waals surface area contributed by atoms with Gasteiger partial charge in [0.25, 0.3) is 10.0 Å². The van der Waals surface area contributed by atoms with Crippen LogP contribution in [0.15, 0.2) is 53.6 Å². The number of benzene rings is 2. The highest BCUT2D eigenvalue weighted by Gasteiger charge is 2.23. The van der Waals surface area contributed by atoms with Gasteiger partial charge < -0.3 is 0 Å². The summed E-state index contributed by atoms with van der Waals surface area (Å²) in [7, 11) is -3.85. The molecule has 0 aliphatic rings. The fraction of sp³-hybridized carbons (Fsp3) is 0.200. The number of carbonyl (C=O) groups is 1. The second-order valence-corrected chi connectivity index (χ2v) is 7.78. The Morgan fingerprint density at radius 2 is 1.81 bits per heavy atom. The second kappa shape index (κ2) is 6.77. The fourth-order valence-electron chi connectivity index (χ4n) is 2.89. The van der Waals surface area contributed by atoms with Gasteiger partial charge in [-0.25, -0.2) is 12.4 Å². The molecule has 0 spiro atoms. The number of ketones is 1. The van der Waals surface area contributed by atoms with Crippen molar-refractivity contribution in [3.63, 3.8) is 0 Å². The third-order valence-electron chi connectivity index (χ3n) is 4.41. The maximum Gasteiger partial charge on any atom is 0.268 e. The van der Waals surface area contributed by atoms with Crippen molar-refractivity contribution in [2.75, 3.05) is 0 Å². The van der Waals surface area contributed by atoms with Gasteiger partial charge in [0.15, 0.2) is 5.78 Å². The summed E-state index contributed by atoms with van der Waals surface area (Å²) in [6.45, 7) is 3.72. The molecule has 3 aromatic rings. The van der Waals surface area contributed by atoms with E-state index in [-0.39, 0.29) is 17.1 Å². The summed E-state index contributed by atoms with van der Waals surface area (Å²) in [5.74, 6) is -0.166. The van der Waals surface area contributed by atoms with Crippen molar-refractivity contribution in [3.8, 4) is 6.07 Å². The lowest BCUT2D eigenvalue weighted by molar-refractivity contribution is 0.0989. The van der Waals surface area contributed by atoms with E-state index < -0.39 is 10.0 Å². The Morgan fingerprint density at radius 3 is 2.38 bits per heavy atom. The number of aryl methyl sites for hydroxylation is 1. The van der Waals surface area contributed by atoms with Crippen LogP contribution in [0.25, 0.3) is 10.9 Å². The number of fused-ring (bicyclic) bond motifs is 1. The largest absolute Gasteiger partial charge is 0.294 e. The first-order valence-electron chi connectivity index (χ1n) is 8.35. The number of aromatic nitrogens is 1. The molecule has 132 valence electrons. The lowest BCUT2D eigenvalue weighted by Crippen LogP contribution is -2.12. The van der Waals surface area contributed by atoms with Crippen LogP contribution in [0, 0.1) is 11.3 Å². The van der Waals surface area contributed by atoms with E-state index in [4.69, 9.17) is 5.26 Å². The topological polar surface area (TPSA) is 79.9 Å². The van der Waals surface area contributed by atoms with Crippen LogP contribution in [-0.4, -0.2) is 18.2 Å². The van der Waals surface area contributed by atoms with Gasteiger partial charge >= 0.3 is 0 Å². The highest BCUT2D eigenvalue weighted by atomic mass is 32.2. The number of rotatable bonds is 5. The van der Waals surface area contributed by atoms with Crippen molar-refractivity contribution in [2.24, 2.45) is 0 Å². The van der Waals surface area contributed by atoms with Gasteiger partial charge in [0.2, 0.25) is 0 Å². The monoisotopic (exact) mass is 366 g/mol. The van der Waals surface area contributed by atoms with Gasteiger partial charge in [-0.1, -0.05) is 26.0 Å². The molecule has 0 unspecified atom stereocenters. The minimum absolute atomic E-state index is 0.159. The van der Waals surface area contributed by atoms with Crippen LogP contribution in [0.5, 0.6) is 0 Å². The van der Waals surface area contributed by atoms with E-state index in [1.165, 1.54) is 6.20 Å². The Labute approximate surface area is 152 Å². The molecule has 0 amide bonds. The molecule has 0 bridgehead atoms. The average molecular weight is 366 g/mol. The summed E-state index contributed by atoms with van der Waals surface area (Å²) in [4.78, 5) is 12.5. The van der Waals surface area contributed by atoms with Crippen LogP contribution < -0.4 is 0 Å². The van der Waals surface area contributed by atoms with Crippen LogP contribution in [-0.2, 0) is 16.4 Å². The number of nitrogens with zero attached hydrogens (tertiary/aromatic N) is 2. The molecule has 0 saturated carbocycles. The van der Waals surface area contributed by atoms with Crippen molar-refractivity contribution in [1.29, 1.82) is 5.26 Å². The van der Waals surface area contributed by atoms with Crippen LogP contribution in [0.3, 0.4) is 0 Å². The molecule has 0 N–H and O–H groups in total. The zero-order chi connectivity index (χ0) is 18.9. The van der Waals surface area contributed by atoms with E-state index in [0.29, 0.717) is 22.0 Å². The van der Waals surface area contributed by atoms with Crippen molar-refractivity contribution < 1.29 is 13.2 Å². The van der Waals surface area contributed by atoms with E-state index in [2.05, 4.69) is 0 Å². The van der Waals surface area contributed by atoms with Gasteiger partial charge in [-0.15, -0.1) is 0 Å². The molecule has 3 rings (SSSR count). The molecule has 2 aromatic carbocycles. The summed E-state index contributed by atoms with van der Waals surface area (Å²) < 4.78 is 27.4. The SMILES string of the molecule is CCC(=O)c1cn(S(=O)(=O)c2ccc(CC)cc2)c2ccc(C#N)cc12. The molecular weight excluding hydrogens is 348 g/mol. The number of hydrogen-bond acceptors (Lipinski definition) is 4. The van der Waals surface area contributed by atoms with Crippen molar-refractivity contribution in [1.82, 2.24) is 3.97 Å². The third kappa shape index (κ3) is 2.91. The van der Waals surface area contributed by atoms with Gasteiger partial charge in [-0.2, -0.15) is 5.26 Å². The predicted molar refractivity (Wildman–Crippen MR) is 99.7 cm³/mol. The zero-order valence-electron chi connectivity index (χ0n) is 14.6. The highest BCUT2D eigenvalue weighted by molar-refractivity contribution is 7.90. The van der Waals surface area contributed by atoms with E-state index in [1.54, 1.807) is 49.4 Å². The van der Waals surface area contributed by atoms with Crippen LogP contribution in [0.2, 0.25) is 0 Å². The van der Waals surface area contributed by atoms with Gasteiger partial charge in [0, 0.05) is 23.6 Å². The molecule has 1 aromatic heterocycles. The Balaban J connectivity index is 2.26. The molecule has 6 heteroatoms. The number of hydrogen-bond donors (Lipinski definition) is 0. The molecule has 5 nitrogen and oxygen atoms in total. The Bertz CT molecular complexity index is 1130. The number of Topliss-reactive ketones (excluding diaryl/α,β-unsaturated/α-hetero) is 1. The van der Waals surface area contributed by atoms with Gasteiger partial charge in [0.05, 0.1) is 22.0 Å². The summed E-state index contributed by atoms with van der Waals surface area (Å²) >= 11 is 0. The summed E-state index contributed by atoms with van der Waals surface area (Å²) in [5.41, 5.74) is 2.13. The van der Waals surface area contributed by atoms with Crippen LogP contribution in [0.4, 0.5) is 0 Å². The normalized spacial score (nSPS) is 11.4. The Kier molecular flexibility index (Phi) is 4.66. The molecular formula is C20H18N2O3S. The smallest absolute Gasteiger partial charge is 0.268 e. The fourth-order valence-corrected chi connectivity index (χ4v) is 4.26. The average Bonchev–Trinajstić information content (AvgIpc) is 3.06. The first-order chi connectivity index (χ1) is 12.4. The minimum Gasteiger partial charge on any atom is -0.294 e. The van der Waals surface area contributed by atoms with E-state index >= 15 is 0 Å². The lowest BCUT2D eigenvalue weighted by atomic mass is 10.1. The van der Waals surface area contributed by atoms with Crippen LogP contribution >= 0.6 is 0 Å². The summed E-state index contributed by atoms with van der Waals surface area (Å²) in [6, 6.07) is 13.4. The van der Waals surface area contributed by atoms with E-state index in [0.717, 1.165) is 16.0 Å². The minimum atomic E-state index is -3.85. The first kappa shape index (κ1) is 17.9. The van der Waals surface area contributed by atoms with Gasteiger partial charge in [-0.05, 0) is 42.3 Å². The number of carbonyl (C=O) groups excluding carboxylic acids is 1. The van der Waals surface area contributed by atoms with Gasteiger partial charge in [-0.3, -0.25) is 4.79 Å². The molecule has 0 aliphatic heterocycles. The Morgan fingerprint density at radius 1 is 1.12 bits per heavy atom. The Hall–Kier alpha value is -2.91. The zero-order valence-corrected chi connectivity index (χ0v) is 15.4. The van der Waals surface area contributed by atoms with E-state index in [9.17, 15) is 13.2 Å². The highest BCUT2D eigenvalue weighted by Crippen LogP contribution is 2.28. The van der Waals surface area contributed by atoms with Gasteiger partial charge in [0.1, 0.15) is 0 Å². The quantitative estimate of drug-likeness (QED) is 0.641. The predicted octanol–water partition coefficient (Wildman–Crippen LogP) is 3.91. The molecule has 26 heavy (non-hydrogen) atoms. The molecule has 0 saturated heterocycles. The summed E-state index contributed by atoms with van der Waals surface area (Å²) in [6.07, 6.45) is 2.43. The molecule has 0 aliphatic carbocycles. The first-order valence-corrected chi connectivity index (χ1v) is 9.79.